The molecular weight excluding hydrogens is 392 g/mol. The van der Waals surface area contributed by atoms with Gasteiger partial charge in [0, 0.05) is 23.4 Å². The maximum atomic E-state index is 12.7. The zero-order valence-corrected chi connectivity index (χ0v) is 18.4. The van der Waals surface area contributed by atoms with Gasteiger partial charge in [-0.25, -0.2) is 4.79 Å². The van der Waals surface area contributed by atoms with E-state index in [-0.39, 0.29) is 17.9 Å². The molecule has 0 saturated heterocycles. The Bertz CT molecular complexity index is 1020. The highest BCUT2D eigenvalue weighted by molar-refractivity contribution is 5.97. The minimum atomic E-state index is -0.602. The molecule has 1 aromatic heterocycles. The van der Waals surface area contributed by atoms with Crippen LogP contribution in [0.5, 0.6) is 0 Å². The van der Waals surface area contributed by atoms with Crippen molar-refractivity contribution in [2.24, 2.45) is 5.92 Å². The smallest absolute Gasteiger partial charge is 0.408 e. The van der Waals surface area contributed by atoms with E-state index in [1.807, 2.05) is 45.9 Å². The van der Waals surface area contributed by atoms with Crippen LogP contribution in [0.15, 0.2) is 36.5 Å². The molecule has 1 aliphatic heterocycles. The van der Waals surface area contributed by atoms with Gasteiger partial charge in [0.1, 0.15) is 5.60 Å². The Morgan fingerprint density at radius 3 is 2.74 bits per heavy atom. The summed E-state index contributed by atoms with van der Waals surface area (Å²) in [5, 5.41) is 15.2. The lowest BCUT2D eigenvalue weighted by atomic mass is 9.95. The van der Waals surface area contributed by atoms with Gasteiger partial charge in [-0.05, 0) is 63.4 Å². The van der Waals surface area contributed by atoms with E-state index in [4.69, 9.17) is 4.74 Å². The lowest BCUT2D eigenvalue weighted by Crippen LogP contribution is -2.35. The van der Waals surface area contributed by atoms with E-state index in [1.165, 1.54) is 0 Å². The average Bonchev–Trinajstić information content (AvgIpc) is 2.71. The van der Waals surface area contributed by atoms with Gasteiger partial charge in [0.05, 0.1) is 23.4 Å². The first kappa shape index (κ1) is 22.3. The number of rotatable bonds is 1. The molecule has 3 rings (SSSR count). The summed E-state index contributed by atoms with van der Waals surface area (Å²) in [4.78, 5) is 29.7. The van der Waals surface area contributed by atoms with E-state index in [1.54, 1.807) is 18.3 Å². The maximum Gasteiger partial charge on any atom is 0.408 e. The fourth-order valence-corrected chi connectivity index (χ4v) is 3.53. The molecule has 162 valence electrons. The van der Waals surface area contributed by atoms with Crippen molar-refractivity contribution in [2.75, 3.05) is 5.32 Å². The second kappa shape index (κ2) is 9.17. The zero-order chi connectivity index (χ0) is 22.6. The van der Waals surface area contributed by atoms with Gasteiger partial charge in [0.15, 0.2) is 0 Å². The molecule has 1 aromatic carbocycles. The molecule has 31 heavy (non-hydrogen) atoms. The summed E-state index contributed by atoms with van der Waals surface area (Å²) in [6.45, 7) is 7.33. The molecule has 7 heteroatoms. The van der Waals surface area contributed by atoms with Crippen molar-refractivity contribution in [1.29, 1.82) is 5.26 Å². The molecule has 2 unspecified atom stereocenters. The predicted molar refractivity (Wildman–Crippen MR) is 118 cm³/mol. The third-order valence-corrected chi connectivity index (χ3v) is 5.12. The van der Waals surface area contributed by atoms with Crippen LogP contribution < -0.4 is 10.6 Å². The van der Waals surface area contributed by atoms with Gasteiger partial charge >= 0.3 is 6.09 Å². The molecule has 0 fully saturated rings. The number of nitrogens with zero attached hydrogens (tertiary/aromatic N) is 2. The van der Waals surface area contributed by atoms with Crippen LogP contribution in [-0.4, -0.2) is 22.6 Å². The topological polar surface area (TPSA) is 104 Å². The number of carbonyl (C=O) groups excluding carboxylic acids is 2. The Hall–Kier alpha value is -3.40. The number of hydrogen-bond acceptors (Lipinski definition) is 5. The number of fused-ring (bicyclic) bond motifs is 4. The molecule has 0 aliphatic carbocycles. The van der Waals surface area contributed by atoms with Crippen LogP contribution >= 0.6 is 0 Å². The van der Waals surface area contributed by atoms with Crippen molar-refractivity contribution < 1.29 is 14.3 Å². The van der Waals surface area contributed by atoms with E-state index in [9.17, 15) is 14.9 Å². The fraction of sp³-hybridized carbons (Fsp3) is 0.417. The molecule has 1 aliphatic rings. The van der Waals surface area contributed by atoms with Crippen LogP contribution in [0.4, 0.5) is 10.5 Å². The van der Waals surface area contributed by atoms with Crippen LogP contribution in [0.3, 0.4) is 0 Å². The van der Waals surface area contributed by atoms with Crippen molar-refractivity contribution in [3.8, 4) is 17.2 Å². The quantitative estimate of drug-likeness (QED) is 0.680. The molecule has 2 bridgehead atoms. The number of amides is 2. The van der Waals surface area contributed by atoms with E-state index in [2.05, 4.69) is 21.7 Å². The number of pyridine rings is 1. The van der Waals surface area contributed by atoms with Crippen molar-refractivity contribution >= 4 is 17.7 Å². The number of anilines is 1. The summed E-state index contributed by atoms with van der Waals surface area (Å²) in [6.07, 6.45) is 3.21. The zero-order valence-electron chi connectivity index (χ0n) is 18.4. The monoisotopic (exact) mass is 420 g/mol. The molecule has 0 saturated carbocycles. The average molecular weight is 421 g/mol. The molecular formula is C24H28N4O3. The number of aromatic nitrogens is 1. The van der Waals surface area contributed by atoms with E-state index in [0.717, 1.165) is 23.2 Å². The molecule has 0 radical (unpaired) electrons. The van der Waals surface area contributed by atoms with E-state index >= 15 is 0 Å². The minimum Gasteiger partial charge on any atom is -0.444 e. The molecule has 2 N–H and O–H groups in total. The van der Waals surface area contributed by atoms with Crippen LogP contribution in [-0.2, 0) is 9.53 Å². The van der Waals surface area contributed by atoms with Gasteiger partial charge in [-0.15, -0.1) is 0 Å². The fourth-order valence-electron chi connectivity index (χ4n) is 3.53. The summed E-state index contributed by atoms with van der Waals surface area (Å²) >= 11 is 0. The first-order valence-electron chi connectivity index (χ1n) is 10.5. The van der Waals surface area contributed by atoms with Crippen molar-refractivity contribution in [1.82, 2.24) is 10.3 Å². The Morgan fingerprint density at radius 2 is 2.03 bits per heavy atom. The highest BCUT2D eigenvalue weighted by Gasteiger charge is 2.24. The van der Waals surface area contributed by atoms with E-state index < -0.39 is 11.7 Å². The Balaban J connectivity index is 2.02. The largest absolute Gasteiger partial charge is 0.444 e. The third kappa shape index (κ3) is 5.82. The minimum absolute atomic E-state index is 0.0946. The Morgan fingerprint density at radius 1 is 1.26 bits per heavy atom. The van der Waals surface area contributed by atoms with Crippen molar-refractivity contribution in [3.05, 3.63) is 47.8 Å². The summed E-state index contributed by atoms with van der Waals surface area (Å²) in [5.41, 5.74) is 2.81. The molecule has 2 atom stereocenters. The van der Waals surface area contributed by atoms with Crippen LogP contribution in [0.25, 0.3) is 11.1 Å². The molecule has 0 spiro atoms. The van der Waals surface area contributed by atoms with Gasteiger partial charge in [0.25, 0.3) is 0 Å². The van der Waals surface area contributed by atoms with Gasteiger partial charge < -0.3 is 15.4 Å². The first-order chi connectivity index (χ1) is 14.7. The lowest BCUT2D eigenvalue weighted by Gasteiger charge is -2.25. The Kier molecular flexibility index (Phi) is 6.59. The van der Waals surface area contributed by atoms with E-state index in [0.29, 0.717) is 24.1 Å². The SMILES string of the molecule is CC1CCCC(NC(=O)OC(C)(C)C)c2cc(ccn2)-c2ccc(C#N)cc2NC1=O. The lowest BCUT2D eigenvalue weighted by molar-refractivity contribution is -0.119. The number of nitriles is 1. The molecule has 2 amide bonds. The summed E-state index contributed by atoms with van der Waals surface area (Å²) in [6, 6.07) is 10.8. The maximum absolute atomic E-state index is 12.7. The van der Waals surface area contributed by atoms with Crippen LogP contribution in [0.2, 0.25) is 0 Å². The molecule has 2 heterocycles. The van der Waals surface area contributed by atoms with Crippen LogP contribution in [0, 0.1) is 17.2 Å². The molecule has 2 aromatic rings. The number of alkyl carbamates (subject to hydrolysis) is 1. The van der Waals surface area contributed by atoms with Crippen molar-refractivity contribution in [3.63, 3.8) is 0 Å². The normalized spacial score (nSPS) is 19.0. The van der Waals surface area contributed by atoms with Gasteiger partial charge in [0.2, 0.25) is 5.91 Å². The van der Waals surface area contributed by atoms with Gasteiger partial charge in [-0.2, -0.15) is 5.26 Å². The summed E-state index contributed by atoms with van der Waals surface area (Å²) in [7, 11) is 0. The van der Waals surface area contributed by atoms with Crippen LogP contribution in [0.1, 0.15) is 64.3 Å². The number of hydrogen-bond donors (Lipinski definition) is 2. The van der Waals surface area contributed by atoms with Crippen molar-refractivity contribution in [2.45, 2.75) is 58.6 Å². The first-order valence-corrected chi connectivity index (χ1v) is 10.5. The Labute approximate surface area is 182 Å². The number of ether oxygens (including phenoxy) is 1. The van der Waals surface area contributed by atoms with Gasteiger partial charge in [-0.1, -0.05) is 19.4 Å². The second-order valence-electron chi connectivity index (χ2n) is 8.86. The molecule has 7 nitrogen and oxygen atoms in total. The highest BCUT2D eigenvalue weighted by atomic mass is 16.6. The highest BCUT2D eigenvalue weighted by Crippen LogP contribution is 2.32. The number of nitrogens with one attached hydrogen (secondary N) is 2. The predicted octanol–water partition coefficient (Wildman–Crippen LogP) is 4.94. The standard InChI is InChI=1S/C24H28N4O3/c1-15-6-5-7-19(28-23(30)31-24(2,3)4)21-13-17(10-11-26-21)18-9-8-16(14-25)12-20(18)27-22(15)29/h8-13,15,19H,5-7H2,1-4H3,(H,27,29)(H,28,30). The van der Waals surface area contributed by atoms with Gasteiger partial charge in [-0.3, -0.25) is 9.78 Å². The third-order valence-electron chi connectivity index (χ3n) is 5.12. The summed E-state index contributed by atoms with van der Waals surface area (Å²) in [5.74, 6) is -0.311. The summed E-state index contributed by atoms with van der Waals surface area (Å²) < 4.78 is 5.43. The number of carbonyl (C=O) groups is 2. The second-order valence-corrected chi connectivity index (χ2v) is 8.86. The number of benzene rings is 1.